The van der Waals surface area contributed by atoms with Gasteiger partial charge in [0.1, 0.15) is 0 Å². The highest BCUT2D eigenvalue weighted by Crippen LogP contribution is 2.30. The molecule has 0 spiro atoms. The lowest BCUT2D eigenvalue weighted by atomic mass is 10.2. The molecule has 0 amide bonds. The van der Waals surface area contributed by atoms with Crippen LogP contribution in [0.4, 0.5) is 13.2 Å². The summed E-state index contributed by atoms with van der Waals surface area (Å²) in [5.74, 6) is -0.221. The molecule has 114 valence electrons. The van der Waals surface area contributed by atoms with E-state index in [1.54, 1.807) is 6.92 Å². The van der Waals surface area contributed by atoms with Gasteiger partial charge in [-0.05, 0) is 44.4 Å². The molecule has 0 radical (unpaired) electrons. The SMILES string of the molecule is CC(O)CCCCS(=O)(=O)c1cccc(C(F)(F)F)c1. The molecular formula is C13H17F3O3S. The van der Waals surface area contributed by atoms with Gasteiger partial charge in [-0.15, -0.1) is 0 Å². The van der Waals surface area contributed by atoms with E-state index < -0.39 is 27.7 Å². The first-order valence-electron chi connectivity index (χ1n) is 6.21. The molecule has 0 bridgehead atoms. The first-order chi connectivity index (χ1) is 9.13. The zero-order chi connectivity index (χ0) is 15.4. The maximum absolute atomic E-state index is 12.5. The molecule has 1 rings (SSSR count). The second kappa shape index (κ2) is 6.58. The summed E-state index contributed by atoms with van der Waals surface area (Å²) in [5, 5.41) is 9.05. The minimum atomic E-state index is -4.56. The highest BCUT2D eigenvalue weighted by molar-refractivity contribution is 7.91. The standard InChI is InChI=1S/C13H17F3O3S/c1-10(17)5-2-3-8-20(18,19)12-7-4-6-11(9-12)13(14,15)16/h4,6-7,9-10,17H,2-3,5,8H2,1H3. The molecule has 1 aromatic rings. The Morgan fingerprint density at radius 1 is 1.25 bits per heavy atom. The van der Waals surface area contributed by atoms with Gasteiger partial charge in [-0.3, -0.25) is 0 Å². The lowest BCUT2D eigenvalue weighted by Crippen LogP contribution is -2.11. The van der Waals surface area contributed by atoms with E-state index in [4.69, 9.17) is 5.11 Å². The number of halogens is 3. The Morgan fingerprint density at radius 3 is 2.45 bits per heavy atom. The van der Waals surface area contributed by atoms with Crippen LogP contribution in [0.15, 0.2) is 29.2 Å². The van der Waals surface area contributed by atoms with Crippen molar-refractivity contribution in [3.05, 3.63) is 29.8 Å². The lowest BCUT2D eigenvalue weighted by Gasteiger charge is -2.09. The Balaban J connectivity index is 2.78. The number of aliphatic hydroxyl groups excluding tert-OH is 1. The largest absolute Gasteiger partial charge is 0.416 e. The fraction of sp³-hybridized carbons (Fsp3) is 0.538. The van der Waals surface area contributed by atoms with Crippen molar-refractivity contribution < 1.29 is 26.7 Å². The summed E-state index contributed by atoms with van der Waals surface area (Å²) in [6.45, 7) is 1.60. The normalized spacial score (nSPS) is 14.2. The van der Waals surface area contributed by atoms with Crippen LogP contribution in [0.1, 0.15) is 31.7 Å². The molecule has 0 saturated carbocycles. The van der Waals surface area contributed by atoms with E-state index >= 15 is 0 Å². The minimum Gasteiger partial charge on any atom is -0.393 e. The van der Waals surface area contributed by atoms with E-state index in [-0.39, 0.29) is 10.6 Å². The Kier molecular flexibility index (Phi) is 5.59. The van der Waals surface area contributed by atoms with Crippen molar-refractivity contribution in [2.75, 3.05) is 5.75 Å². The van der Waals surface area contributed by atoms with Crippen molar-refractivity contribution in [1.82, 2.24) is 0 Å². The van der Waals surface area contributed by atoms with E-state index in [0.717, 1.165) is 12.1 Å². The second-order valence-electron chi connectivity index (χ2n) is 4.69. The summed E-state index contributed by atoms with van der Waals surface area (Å²) in [6, 6.07) is 3.75. The van der Waals surface area contributed by atoms with Gasteiger partial charge in [-0.25, -0.2) is 8.42 Å². The summed E-state index contributed by atoms with van der Waals surface area (Å²) >= 11 is 0. The van der Waals surface area contributed by atoms with E-state index in [9.17, 15) is 21.6 Å². The molecule has 0 saturated heterocycles. The van der Waals surface area contributed by atoms with Crippen LogP contribution >= 0.6 is 0 Å². The number of hydrogen-bond acceptors (Lipinski definition) is 3. The van der Waals surface area contributed by atoms with Crippen molar-refractivity contribution in [1.29, 1.82) is 0 Å². The van der Waals surface area contributed by atoms with Gasteiger partial charge in [0.05, 0.1) is 22.3 Å². The molecule has 0 aliphatic carbocycles. The van der Waals surface area contributed by atoms with Crippen molar-refractivity contribution in [2.45, 2.75) is 43.4 Å². The van der Waals surface area contributed by atoms with Crippen LogP contribution < -0.4 is 0 Å². The Hall–Kier alpha value is -1.08. The molecule has 3 nitrogen and oxygen atoms in total. The number of aliphatic hydroxyl groups is 1. The summed E-state index contributed by atoms with van der Waals surface area (Å²) in [5.41, 5.74) is -0.970. The number of sulfone groups is 1. The predicted octanol–water partition coefficient (Wildman–Crippen LogP) is 3.03. The average Bonchev–Trinajstić information content (AvgIpc) is 2.34. The van der Waals surface area contributed by atoms with Crippen LogP contribution in [0.2, 0.25) is 0 Å². The first kappa shape index (κ1) is 17.0. The summed E-state index contributed by atoms with van der Waals surface area (Å²) in [4.78, 5) is -0.315. The Morgan fingerprint density at radius 2 is 1.90 bits per heavy atom. The monoisotopic (exact) mass is 310 g/mol. The molecule has 0 fully saturated rings. The fourth-order valence-corrected chi connectivity index (χ4v) is 3.13. The summed E-state index contributed by atoms with van der Waals surface area (Å²) in [6.07, 6.45) is -3.78. The van der Waals surface area contributed by atoms with E-state index in [1.165, 1.54) is 6.07 Å². The van der Waals surface area contributed by atoms with Crippen LogP contribution in [0.5, 0.6) is 0 Å². The first-order valence-corrected chi connectivity index (χ1v) is 7.86. The number of unbranched alkanes of at least 4 members (excludes halogenated alkanes) is 1. The number of rotatable bonds is 6. The predicted molar refractivity (Wildman–Crippen MR) is 69.0 cm³/mol. The maximum atomic E-state index is 12.5. The van der Waals surface area contributed by atoms with Gasteiger partial charge in [0.2, 0.25) is 0 Å². The maximum Gasteiger partial charge on any atom is 0.416 e. The molecule has 20 heavy (non-hydrogen) atoms. The molecule has 0 aliphatic heterocycles. The van der Waals surface area contributed by atoms with Gasteiger partial charge in [-0.1, -0.05) is 6.07 Å². The van der Waals surface area contributed by atoms with Crippen molar-refractivity contribution >= 4 is 9.84 Å². The average molecular weight is 310 g/mol. The number of hydrogen-bond donors (Lipinski definition) is 1. The van der Waals surface area contributed by atoms with Crippen LogP contribution in [-0.2, 0) is 16.0 Å². The van der Waals surface area contributed by atoms with Gasteiger partial charge in [-0.2, -0.15) is 13.2 Å². The summed E-state index contributed by atoms with van der Waals surface area (Å²) in [7, 11) is -3.72. The number of alkyl halides is 3. The van der Waals surface area contributed by atoms with E-state index in [0.29, 0.717) is 25.3 Å². The number of benzene rings is 1. The third-order valence-corrected chi connectivity index (χ3v) is 4.60. The van der Waals surface area contributed by atoms with Gasteiger partial charge in [0, 0.05) is 0 Å². The lowest BCUT2D eigenvalue weighted by molar-refractivity contribution is -0.137. The van der Waals surface area contributed by atoms with Gasteiger partial charge < -0.3 is 5.11 Å². The van der Waals surface area contributed by atoms with Crippen molar-refractivity contribution in [2.24, 2.45) is 0 Å². The molecule has 0 aliphatic rings. The molecular weight excluding hydrogens is 293 g/mol. The van der Waals surface area contributed by atoms with Crippen LogP contribution in [0.25, 0.3) is 0 Å². The Bertz CT molecular complexity index is 536. The highest BCUT2D eigenvalue weighted by Gasteiger charge is 2.31. The molecule has 1 N–H and O–H groups in total. The zero-order valence-electron chi connectivity index (χ0n) is 11.0. The van der Waals surface area contributed by atoms with Crippen LogP contribution in [0.3, 0.4) is 0 Å². The molecule has 7 heteroatoms. The quantitative estimate of drug-likeness (QED) is 0.822. The third-order valence-electron chi connectivity index (χ3n) is 2.81. The van der Waals surface area contributed by atoms with Gasteiger partial charge in [0.25, 0.3) is 0 Å². The Labute approximate surface area is 116 Å². The molecule has 1 aromatic carbocycles. The van der Waals surface area contributed by atoms with Gasteiger partial charge >= 0.3 is 6.18 Å². The smallest absolute Gasteiger partial charge is 0.393 e. The van der Waals surface area contributed by atoms with E-state index in [1.807, 2.05) is 0 Å². The summed E-state index contributed by atoms with van der Waals surface area (Å²) < 4.78 is 61.4. The van der Waals surface area contributed by atoms with Crippen LogP contribution in [0, 0.1) is 0 Å². The van der Waals surface area contributed by atoms with Crippen molar-refractivity contribution in [3.8, 4) is 0 Å². The second-order valence-corrected chi connectivity index (χ2v) is 6.80. The topological polar surface area (TPSA) is 54.4 Å². The highest BCUT2D eigenvalue weighted by atomic mass is 32.2. The zero-order valence-corrected chi connectivity index (χ0v) is 11.8. The van der Waals surface area contributed by atoms with Gasteiger partial charge in [0.15, 0.2) is 9.84 Å². The molecule has 0 heterocycles. The fourth-order valence-electron chi connectivity index (χ4n) is 1.72. The molecule has 1 atom stereocenters. The van der Waals surface area contributed by atoms with Crippen LogP contribution in [-0.4, -0.2) is 25.4 Å². The third kappa shape index (κ3) is 5.13. The van der Waals surface area contributed by atoms with E-state index in [2.05, 4.69) is 0 Å². The minimum absolute atomic E-state index is 0.221. The van der Waals surface area contributed by atoms with Crippen molar-refractivity contribution in [3.63, 3.8) is 0 Å². The molecule has 0 aromatic heterocycles. The molecule has 1 unspecified atom stereocenters.